The minimum Gasteiger partial charge on any atom is -0.497 e. The maximum atomic E-state index is 5.62. The molecular formula is C22H30N2O4. The Morgan fingerprint density at radius 3 is 2.00 bits per heavy atom. The topological polar surface area (TPSA) is 43.4 Å². The molecule has 28 heavy (non-hydrogen) atoms. The zero-order valence-corrected chi connectivity index (χ0v) is 17.2. The first-order valence-corrected chi connectivity index (χ1v) is 9.54. The molecule has 0 aliphatic carbocycles. The fourth-order valence-corrected chi connectivity index (χ4v) is 3.66. The molecule has 0 bridgehead atoms. The van der Waals surface area contributed by atoms with Gasteiger partial charge in [0, 0.05) is 44.8 Å². The van der Waals surface area contributed by atoms with Gasteiger partial charge in [0.05, 0.1) is 28.4 Å². The van der Waals surface area contributed by atoms with Crippen LogP contribution in [-0.4, -0.2) is 64.4 Å². The number of nitrogens with zero attached hydrogens (tertiary/aromatic N) is 2. The average Bonchev–Trinajstić information content (AvgIpc) is 2.74. The number of piperazine rings is 1. The van der Waals surface area contributed by atoms with Gasteiger partial charge in [0.25, 0.3) is 0 Å². The molecule has 1 fully saturated rings. The van der Waals surface area contributed by atoms with Gasteiger partial charge in [-0.15, -0.1) is 0 Å². The summed E-state index contributed by atoms with van der Waals surface area (Å²) >= 11 is 0. The van der Waals surface area contributed by atoms with Crippen molar-refractivity contribution in [1.29, 1.82) is 0 Å². The van der Waals surface area contributed by atoms with Gasteiger partial charge in [-0.1, -0.05) is 18.2 Å². The smallest absolute Gasteiger partial charge is 0.203 e. The van der Waals surface area contributed by atoms with E-state index in [1.807, 2.05) is 18.2 Å². The van der Waals surface area contributed by atoms with E-state index in [9.17, 15) is 0 Å². The molecule has 0 amide bonds. The van der Waals surface area contributed by atoms with Crippen LogP contribution in [0.25, 0.3) is 0 Å². The van der Waals surface area contributed by atoms with E-state index in [0.717, 1.165) is 56.3 Å². The van der Waals surface area contributed by atoms with E-state index >= 15 is 0 Å². The number of hydrogen-bond acceptors (Lipinski definition) is 6. The molecule has 0 aromatic heterocycles. The predicted octanol–water partition coefficient (Wildman–Crippen LogP) is 3.04. The summed E-state index contributed by atoms with van der Waals surface area (Å²) in [6, 6.07) is 12.3. The molecule has 1 heterocycles. The molecule has 3 rings (SSSR count). The molecule has 0 radical (unpaired) electrons. The van der Waals surface area contributed by atoms with Crippen molar-refractivity contribution in [1.82, 2.24) is 9.80 Å². The summed E-state index contributed by atoms with van der Waals surface area (Å²) in [7, 11) is 6.66. The molecule has 1 aliphatic heterocycles. The van der Waals surface area contributed by atoms with Crippen LogP contribution in [-0.2, 0) is 13.1 Å². The SMILES string of the molecule is COc1cccc(CN2CCN(Cc3ccc(OC)c(OC)c3OC)CC2)c1. The first kappa shape index (κ1) is 20.3. The molecule has 152 valence electrons. The third-order valence-corrected chi connectivity index (χ3v) is 5.18. The normalized spacial score (nSPS) is 15.3. The third-order valence-electron chi connectivity index (χ3n) is 5.18. The summed E-state index contributed by atoms with van der Waals surface area (Å²) in [5.41, 5.74) is 2.40. The van der Waals surface area contributed by atoms with Gasteiger partial charge in [0.2, 0.25) is 5.75 Å². The van der Waals surface area contributed by atoms with Crippen LogP contribution in [0, 0.1) is 0 Å². The molecule has 6 nitrogen and oxygen atoms in total. The van der Waals surface area contributed by atoms with Crippen LogP contribution in [0.2, 0.25) is 0 Å². The molecular weight excluding hydrogens is 356 g/mol. The lowest BCUT2D eigenvalue weighted by Crippen LogP contribution is -2.45. The lowest BCUT2D eigenvalue weighted by atomic mass is 10.1. The highest BCUT2D eigenvalue weighted by Crippen LogP contribution is 2.40. The highest BCUT2D eigenvalue weighted by atomic mass is 16.5. The number of benzene rings is 2. The van der Waals surface area contributed by atoms with Crippen LogP contribution < -0.4 is 18.9 Å². The lowest BCUT2D eigenvalue weighted by molar-refractivity contribution is 0.121. The molecule has 0 atom stereocenters. The van der Waals surface area contributed by atoms with Crippen molar-refractivity contribution in [3.8, 4) is 23.0 Å². The van der Waals surface area contributed by atoms with Crippen molar-refractivity contribution < 1.29 is 18.9 Å². The number of methoxy groups -OCH3 is 4. The van der Waals surface area contributed by atoms with Gasteiger partial charge in [-0.05, 0) is 23.8 Å². The van der Waals surface area contributed by atoms with E-state index in [0.29, 0.717) is 11.5 Å². The van der Waals surface area contributed by atoms with Crippen LogP contribution in [0.4, 0.5) is 0 Å². The molecule has 0 saturated carbocycles. The summed E-state index contributed by atoms with van der Waals surface area (Å²) < 4.78 is 21.8. The maximum Gasteiger partial charge on any atom is 0.203 e. The van der Waals surface area contributed by atoms with E-state index < -0.39 is 0 Å². The maximum absolute atomic E-state index is 5.62. The molecule has 1 saturated heterocycles. The van der Waals surface area contributed by atoms with Crippen molar-refractivity contribution in [3.63, 3.8) is 0 Å². The Morgan fingerprint density at radius 1 is 0.714 bits per heavy atom. The summed E-state index contributed by atoms with van der Waals surface area (Å²) in [4.78, 5) is 4.93. The zero-order valence-electron chi connectivity index (χ0n) is 17.2. The second kappa shape index (κ2) is 9.66. The Balaban J connectivity index is 1.60. The van der Waals surface area contributed by atoms with Gasteiger partial charge < -0.3 is 18.9 Å². The second-order valence-electron chi connectivity index (χ2n) is 6.90. The second-order valence-corrected chi connectivity index (χ2v) is 6.90. The van der Waals surface area contributed by atoms with E-state index in [1.54, 1.807) is 28.4 Å². The van der Waals surface area contributed by atoms with Crippen LogP contribution in [0.15, 0.2) is 36.4 Å². The Kier molecular flexibility index (Phi) is 7.01. The Morgan fingerprint density at radius 2 is 1.39 bits per heavy atom. The van der Waals surface area contributed by atoms with Crippen LogP contribution in [0.3, 0.4) is 0 Å². The standard InChI is InChI=1S/C22H30N2O4/c1-25-19-7-5-6-17(14-19)15-23-10-12-24(13-11-23)16-18-8-9-20(26-2)22(28-4)21(18)27-3/h5-9,14H,10-13,15-16H2,1-4H3. The number of hydrogen-bond donors (Lipinski definition) is 0. The van der Waals surface area contributed by atoms with Gasteiger partial charge in [-0.3, -0.25) is 9.80 Å². The average molecular weight is 386 g/mol. The summed E-state index contributed by atoms with van der Waals surface area (Å²) in [6.07, 6.45) is 0. The van der Waals surface area contributed by atoms with Crippen molar-refractivity contribution in [2.45, 2.75) is 13.1 Å². The Bertz CT molecular complexity index is 773. The van der Waals surface area contributed by atoms with Gasteiger partial charge in [-0.25, -0.2) is 0 Å². The largest absolute Gasteiger partial charge is 0.497 e. The predicted molar refractivity (Wildman–Crippen MR) is 110 cm³/mol. The lowest BCUT2D eigenvalue weighted by Gasteiger charge is -2.35. The van der Waals surface area contributed by atoms with Crippen molar-refractivity contribution in [2.75, 3.05) is 54.6 Å². The first-order valence-electron chi connectivity index (χ1n) is 9.54. The fourth-order valence-electron chi connectivity index (χ4n) is 3.66. The molecule has 0 N–H and O–H groups in total. The van der Waals surface area contributed by atoms with Crippen molar-refractivity contribution in [3.05, 3.63) is 47.5 Å². The molecule has 2 aromatic rings. The van der Waals surface area contributed by atoms with Crippen LogP contribution in [0.5, 0.6) is 23.0 Å². The van der Waals surface area contributed by atoms with Gasteiger partial charge in [-0.2, -0.15) is 0 Å². The highest BCUT2D eigenvalue weighted by molar-refractivity contribution is 5.55. The van der Waals surface area contributed by atoms with Crippen molar-refractivity contribution >= 4 is 0 Å². The summed E-state index contributed by atoms with van der Waals surface area (Å²) in [5.74, 6) is 3.00. The van der Waals surface area contributed by atoms with Gasteiger partial charge in [0.1, 0.15) is 5.75 Å². The van der Waals surface area contributed by atoms with Crippen LogP contribution in [0.1, 0.15) is 11.1 Å². The molecule has 6 heteroatoms. The minimum absolute atomic E-state index is 0.652. The minimum atomic E-state index is 0.652. The van der Waals surface area contributed by atoms with E-state index in [4.69, 9.17) is 18.9 Å². The molecule has 2 aromatic carbocycles. The fraction of sp³-hybridized carbons (Fsp3) is 0.455. The van der Waals surface area contributed by atoms with E-state index in [-0.39, 0.29) is 0 Å². The van der Waals surface area contributed by atoms with Crippen molar-refractivity contribution in [2.24, 2.45) is 0 Å². The van der Waals surface area contributed by atoms with E-state index in [2.05, 4.69) is 28.0 Å². The monoisotopic (exact) mass is 386 g/mol. The quantitative estimate of drug-likeness (QED) is 0.695. The highest BCUT2D eigenvalue weighted by Gasteiger charge is 2.21. The number of ether oxygens (including phenoxy) is 4. The Labute approximate surface area is 167 Å². The van der Waals surface area contributed by atoms with Gasteiger partial charge in [0.15, 0.2) is 11.5 Å². The van der Waals surface area contributed by atoms with Gasteiger partial charge >= 0.3 is 0 Å². The molecule has 0 unspecified atom stereocenters. The first-order chi connectivity index (χ1) is 13.7. The summed E-state index contributed by atoms with van der Waals surface area (Å²) in [6.45, 7) is 5.88. The Hall–Kier alpha value is -2.44. The third kappa shape index (κ3) is 4.69. The molecule has 1 aliphatic rings. The van der Waals surface area contributed by atoms with Crippen LogP contribution >= 0.6 is 0 Å². The molecule has 0 spiro atoms. The summed E-state index contributed by atoms with van der Waals surface area (Å²) in [5, 5.41) is 0. The number of rotatable bonds is 8. The van der Waals surface area contributed by atoms with E-state index in [1.165, 1.54) is 5.56 Å². The zero-order chi connectivity index (χ0) is 19.9.